The molecule has 0 aliphatic rings. The topological polar surface area (TPSA) is 114 Å². The highest BCUT2D eigenvalue weighted by molar-refractivity contribution is 7.89. The summed E-state index contributed by atoms with van der Waals surface area (Å²) < 4.78 is 27.1. The molecule has 0 atom stereocenters. The maximum Gasteiger partial charge on any atom is 0.271 e. The van der Waals surface area contributed by atoms with Crippen molar-refractivity contribution in [2.75, 3.05) is 6.54 Å². The third kappa shape index (κ3) is 6.18. The molecule has 0 spiro atoms. The van der Waals surface area contributed by atoms with Crippen LogP contribution in [0.3, 0.4) is 0 Å². The van der Waals surface area contributed by atoms with Crippen LogP contribution in [0.25, 0.3) is 0 Å². The molecule has 114 valence electrons. The Morgan fingerprint density at radius 3 is 2.50 bits per heavy atom. The van der Waals surface area contributed by atoms with Gasteiger partial charge in [-0.15, -0.1) is 0 Å². The summed E-state index contributed by atoms with van der Waals surface area (Å²) in [5, 5.41) is 10.5. The van der Waals surface area contributed by atoms with Crippen molar-refractivity contribution < 1.29 is 17.6 Å². The van der Waals surface area contributed by atoms with Gasteiger partial charge < -0.3 is 15.1 Å². The number of carbonyl (C=O) groups excluding carboxylic acids is 1. The Balaban J connectivity index is 2.32. The average Bonchev–Trinajstić information content (AvgIpc) is 2.70. The maximum absolute atomic E-state index is 11.5. The van der Waals surface area contributed by atoms with E-state index in [0.29, 0.717) is 25.3 Å². The number of carbonyl (C=O) groups is 1. The maximum atomic E-state index is 11.5. The van der Waals surface area contributed by atoms with E-state index in [1.165, 1.54) is 12.1 Å². The smallest absolute Gasteiger partial charge is 0.271 e. The lowest BCUT2D eigenvalue weighted by molar-refractivity contribution is -0.122. The molecule has 1 aromatic rings. The molecule has 0 aliphatic carbocycles. The molecule has 1 heterocycles. The fourth-order valence-electron chi connectivity index (χ4n) is 1.50. The first-order chi connectivity index (χ1) is 9.08. The molecular weight excluding hydrogens is 282 g/mol. The van der Waals surface area contributed by atoms with E-state index in [-0.39, 0.29) is 16.5 Å². The second-order valence-corrected chi connectivity index (χ2v) is 6.98. The number of hydrogen-bond acceptors (Lipinski definition) is 5. The quantitative estimate of drug-likeness (QED) is 0.655. The van der Waals surface area contributed by atoms with Crippen molar-refractivity contribution in [2.24, 2.45) is 5.14 Å². The van der Waals surface area contributed by atoms with E-state index < -0.39 is 10.0 Å². The lowest BCUT2D eigenvalue weighted by Gasteiger charge is -2.20. The summed E-state index contributed by atoms with van der Waals surface area (Å²) >= 11 is 0. The van der Waals surface area contributed by atoms with E-state index in [0.717, 1.165) is 0 Å². The van der Waals surface area contributed by atoms with Crippen LogP contribution in [0, 0.1) is 0 Å². The van der Waals surface area contributed by atoms with Crippen molar-refractivity contribution in [3.8, 4) is 0 Å². The molecule has 0 bridgehead atoms. The number of rotatable bonds is 6. The van der Waals surface area contributed by atoms with Crippen LogP contribution in [0.15, 0.2) is 21.6 Å². The van der Waals surface area contributed by atoms with Gasteiger partial charge in [0.1, 0.15) is 5.76 Å². The van der Waals surface area contributed by atoms with Crippen molar-refractivity contribution in [3.05, 3.63) is 17.9 Å². The highest BCUT2D eigenvalue weighted by Crippen LogP contribution is 2.11. The van der Waals surface area contributed by atoms with Gasteiger partial charge >= 0.3 is 0 Å². The minimum Gasteiger partial charge on any atom is -0.447 e. The highest BCUT2D eigenvalue weighted by Gasteiger charge is 2.14. The zero-order valence-electron chi connectivity index (χ0n) is 11.9. The van der Waals surface area contributed by atoms with Crippen molar-refractivity contribution >= 4 is 15.9 Å². The van der Waals surface area contributed by atoms with Crippen molar-refractivity contribution in [1.29, 1.82) is 0 Å². The summed E-state index contributed by atoms with van der Waals surface area (Å²) in [5.74, 6) is 0.403. The molecule has 7 nitrogen and oxygen atoms in total. The predicted molar refractivity (Wildman–Crippen MR) is 74.3 cm³/mol. The van der Waals surface area contributed by atoms with Gasteiger partial charge in [0, 0.05) is 18.5 Å². The number of sulfonamides is 1. The summed E-state index contributed by atoms with van der Waals surface area (Å²) in [4.78, 5) is 11.5. The molecule has 20 heavy (non-hydrogen) atoms. The van der Waals surface area contributed by atoms with Crippen LogP contribution in [0.1, 0.15) is 33.0 Å². The molecule has 0 saturated carbocycles. The number of furan rings is 1. The number of primary sulfonamides is 1. The Labute approximate surface area is 119 Å². The summed E-state index contributed by atoms with van der Waals surface area (Å²) in [6, 6.07) is 2.83. The fraction of sp³-hybridized carbons (Fsp3) is 0.583. The molecule has 8 heteroatoms. The molecule has 1 aromatic heterocycles. The Hall–Kier alpha value is -1.38. The van der Waals surface area contributed by atoms with E-state index in [4.69, 9.17) is 9.56 Å². The van der Waals surface area contributed by atoms with Crippen LogP contribution >= 0.6 is 0 Å². The molecule has 4 N–H and O–H groups in total. The highest BCUT2D eigenvalue weighted by atomic mass is 32.2. The standard InChI is InChI=1S/C12H21N3O4S/c1-12(2,3)15-10(16)6-7-14-8-9-4-5-11(19-9)20(13,17)18/h4-5,14H,6-8H2,1-3H3,(H,15,16)(H2,13,17,18). The monoisotopic (exact) mass is 303 g/mol. The molecule has 0 aromatic carbocycles. The fourth-order valence-corrected chi connectivity index (χ4v) is 1.98. The Morgan fingerprint density at radius 1 is 1.35 bits per heavy atom. The Morgan fingerprint density at radius 2 is 2.00 bits per heavy atom. The van der Waals surface area contributed by atoms with Gasteiger partial charge in [0.25, 0.3) is 10.0 Å². The van der Waals surface area contributed by atoms with Crippen molar-refractivity contribution in [3.63, 3.8) is 0 Å². The van der Waals surface area contributed by atoms with Crippen molar-refractivity contribution in [1.82, 2.24) is 10.6 Å². The third-order valence-corrected chi connectivity index (χ3v) is 3.04. The van der Waals surface area contributed by atoms with Gasteiger partial charge in [-0.2, -0.15) is 0 Å². The van der Waals surface area contributed by atoms with Gasteiger partial charge in [-0.05, 0) is 32.9 Å². The number of hydrogen-bond donors (Lipinski definition) is 3. The van der Waals surface area contributed by atoms with Crippen LogP contribution in [-0.4, -0.2) is 26.4 Å². The zero-order chi connectivity index (χ0) is 15.4. The Bertz CT molecular complexity index is 558. The van der Waals surface area contributed by atoms with Gasteiger partial charge in [0.15, 0.2) is 0 Å². The zero-order valence-corrected chi connectivity index (χ0v) is 12.7. The molecule has 0 radical (unpaired) electrons. The second-order valence-electron chi connectivity index (χ2n) is 5.49. The van der Waals surface area contributed by atoms with Gasteiger partial charge in [-0.3, -0.25) is 4.79 Å². The normalized spacial score (nSPS) is 12.4. The van der Waals surface area contributed by atoms with E-state index in [1.807, 2.05) is 20.8 Å². The van der Waals surface area contributed by atoms with Gasteiger partial charge in [0.05, 0.1) is 6.54 Å². The number of amides is 1. The van der Waals surface area contributed by atoms with Crippen LogP contribution < -0.4 is 15.8 Å². The average molecular weight is 303 g/mol. The SMILES string of the molecule is CC(C)(C)NC(=O)CCNCc1ccc(S(N)(=O)=O)o1. The summed E-state index contributed by atoms with van der Waals surface area (Å²) in [6.07, 6.45) is 0.333. The predicted octanol–water partition coefficient (Wildman–Crippen LogP) is 0.321. The minimum atomic E-state index is -3.80. The largest absolute Gasteiger partial charge is 0.447 e. The van der Waals surface area contributed by atoms with E-state index in [9.17, 15) is 13.2 Å². The van der Waals surface area contributed by atoms with Crippen LogP contribution in [0.4, 0.5) is 0 Å². The summed E-state index contributed by atoms with van der Waals surface area (Å²) in [6.45, 7) is 6.54. The molecule has 1 rings (SSSR count). The Kier molecular flexibility index (Phi) is 5.32. The lowest BCUT2D eigenvalue weighted by Crippen LogP contribution is -2.41. The second kappa shape index (κ2) is 6.38. The molecule has 0 fully saturated rings. The van der Waals surface area contributed by atoms with Gasteiger partial charge in [0.2, 0.25) is 11.0 Å². The van der Waals surface area contributed by atoms with Gasteiger partial charge in [-0.1, -0.05) is 0 Å². The van der Waals surface area contributed by atoms with Crippen molar-refractivity contribution in [2.45, 2.75) is 44.4 Å². The minimum absolute atomic E-state index is 0.0466. The van der Waals surface area contributed by atoms with Crippen LogP contribution in [0.2, 0.25) is 0 Å². The van der Waals surface area contributed by atoms with Crippen LogP contribution in [0.5, 0.6) is 0 Å². The third-order valence-electron chi connectivity index (χ3n) is 2.26. The van der Waals surface area contributed by atoms with Crippen LogP contribution in [-0.2, 0) is 21.4 Å². The summed E-state index contributed by atoms with van der Waals surface area (Å²) in [5.41, 5.74) is -0.248. The first-order valence-electron chi connectivity index (χ1n) is 6.21. The first-order valence-corrected chi connectivity index (χ1v) is 7.76. The van der Waals surface area contributed by atoms with Gasteiger partial charge in [-0.25, -0.2) is 13.6 Å². The van der Waals surface area contributed by atoms with E-state index in [2.05, 4.69) is 10.6 Å². The first kappa shape index (κ1) is 16.7. The van der Waals surface area contributed by atoms with E-state index >= 15 is 0 Å². The molecule has 1 amide bonds. The molecule has 0 aliphatic heterocycles. The lowest BCUT2D eigenvalue weighted by atomic mass is 10.1. The number of nitrogens with one attached hydrogen (secondary N) is 2. The molecule has 0 saturated heterocycles. The molecular formula is C12H21N3O4S. The van der Waals surface area contributed by atoms with E-state index in [1.54, 1.807) is 0 Å². The number of nitrogens with two attached hydrogens (primary N) is 1. The molecule has 0 unspecified atom stereocenters. The summed E-state index contributed by atoms with van der Waals surface area (Å²) in [7, 11) is -3.80.